The van der Waals surface area contributed by atoms with E-state index in [1.165, 1.54) is 16.8 Å². The normalized spacial score (nSPS) is 17.6. The maximum Gasteiger partial charge on any atom is 0.123 e. The highest BCUT2D eigenvalue weighted by Crippen LogP contribution is 2.37. The van der Waals surface area contributed by atoms with Crippen LogP contribution in [0, 0.1) is 19.7 Å². The number of halogens is 1. The van der Waals surface area contributed by atoms with Crippen LogP contribution in [0.5, 0.6) is 0 Å². The largest absolute Gasteiger partial charge is 0.363 e. The first-order valence-corrected chi connectivity index (χ1v) is 8.05. The minimum absolute atomic E-state index is 0.147. The average Bonchev–Trinajstić information content (AvgIpc) is 2.83. The lowest BCUT2D eigenvalue weighted by Crippen LogP contribution is -2.34. The molecule has 0 fully saturated rings. The number of aromatic amines is 1. The van der Waals surface area contributed by atoms with Crippen molar-refractivity contribution in [2.24, 2.45) is 0 Å². The molecule has 1 unspecified atom stereocenters. The molecule has 0 saturated carbocycles. The molecule has 4 heteroatoms. The van der Waals surface area contributed by atoms with Crippen molar-refractivity contribution in [3.8, 4) is 0 Å². The number of hydrogen-bond donors (Lipinski definition) is 1. The summed E-state index contributed by atoms with van der Waals surface area (Å²) >= 11 is 0. The van der Waals surface area contributed by atoms with E-state index in [0.29, 0.717) is 0 Å². The van der Waals surface area contributed by atoms with E-state index in [0.717, 1.165) is 35.3 Å². The maximum atomic E-state index is 13.5. The van der Waals surface area contributed by atoms with Crippen molar-refractivity contribution in [3.63, 3.8) is 0 Å². The summed E-state index contributed by atoms with van der Waals surface area (Å²) in [4.78, 5) is 10.4. The lowest BCUT2D eigenvalue weighted by Gasteiger charge is -2.37. The standard InChI is InChI=1S/C19H20FN3/c1-11-12(2)22-19-17(6-8-21-18(11)19)23-9-7-14-10-15(20)4-5-16(14)13(23)3/h4-6,8,10,13,22H,7,9H2,1-3H3. The molecule has 0 radical (unpaired) electrons. The fourth-order valence-electron chi connectivity index (χ4n) is 3.69. The second-order valence-electron chi connectivity index (χ2n) is 6.39. The zero-order valence-corrected chi connectivity index (χ0v) is 13.7. The van der Waals surface area contributed by atoms with E-state index in [-0.39, 0.29) is 11.9 Å². The van der Waals surface area contributed by atoms with Gasteiger partial charge in [-0.2, -0.15) is 0 Å². The highest BCUT2D eigenvalue weighted by atomic mass is 19.1. The summed E-state index contributed by atoms with van der Waals surface area (Å²) < 4.78 is 13.5. The molecule has 0 saturated heterocycles. The molecule has 3 heterocycles. The summed E-state index contributed by atoms with van der Waals surface area (Å²) in [6.45, 7) is 7.25. The first kappa shape index (κ1) is 14.2. The zero-order valence-electron chi connectivity index (χ0n) is 13.7. The molecule has 0 aliphatic carbocycles. The van der Waals surface area contributed by atoms with Gasteiger partial charge in [0.2, 0.25) is 0 Å². The molecule has 1 aliphatic rings. The van der Waals surface area contributed by atoms with Gasteiger partial charge < -0.3 is 9.88 Å². The van der Waals surface area contributed by atoms with Gasteiger partial charge in [0.05, 0.1) is 22.8 Å². The highest BCUT2D eigenvalue weighted by Gasteiger charge is 2.26. The predicted octanol–water partition coefficient (Wildman–Crippen LogP) is 4.44. The Balaban J connectivity index is 1.83. The van der Waals surface area contributed by atoms with Crippen molar-refractivity contribution < 1.29 is 4.39 Å². The lowest BCUT2D eigenvalue weighted by atomic mass is 9.93. The number of H-pyrrole nitrogens is 1. The van der Waals surface area contributed by atoms with Crippen molar-refractivity contribution >= 4 is 16.7 Å². The van der Waals surface area contributed by atoms with E-state index in [1.807, 2.05) is 12.3 Å². The monoisotopic (exact) mass is 309 g/mol. The van der Waals surface area contributed by atoms with Gasteiger partial charge >= 0.3 is 0 Å². The number of aryl methyl sites for hydroxylation is 2. The predicted molar refractivity (Wildman–Crippen MR) is 91.4 cm³/mol. The molecule has 118 valence electrons. The van der Waals surface area contributed by atoms with Gasteiger partial charge in [-0.1, -0.05) is 6.07 Å². The number of fused-ring (bicyclic) bond motifs is 2. The van der Waals surface area contributed by atoms with Gasteiger partial charge in [0, 0.05) is 18.4 Å². The fraction of sp³-hybridized carbons (Fsp3) is 0.316. The van der Waals surface area contributed by atoms with Crippen molar-refractivity contribution in [1.82, 2.24) is 9.97 Å². The smallest absolute Gasteiger partial charge is 0.123 e. The third kappa shape index (κ3) is 2.12. The van der Waals surface area contributed by atoms with Crippen molar-refractivity contribution in [1.29, 1.82) is 0 Å². The molecule has 1 aliphatic heterocycles. The summed E-state index contributed by atoms with van der Waals surface area (Å²) in [5.74, 6) is -0.147. The Hall–Kier alpha value is -2.36. The summed E-state index contributed by atoms with van der Waals surface area (Å²) in [5, 5.41) is 0. The lowest BCUT2D eigenvalue weighted by molar-refractivity contribution is 0.598. The van der Waals surface area contributed by atoms with Gasteiger partial charge in [0.25, 0.3) is 0 Å². The molecular formula is C19H20FN3. The fourth-order valence-corrected chi connectivity index (χ4v) is 3.69. The van der Waals surface area contributed by atoms with E-state index < -0.39 is 0 Å². The molecular weight excluding hydrogens is 289 g/mol. The van der Waals surface area contributed by atoms with Gasteiger partial charge in [-0.25, -0.2) is 4.39 Å². The van der Waals surface area contributed by atoms with Crippen LogP contribution in [-0.2, 0) is 6.42 Å². The van der Waals surface area contributed by atoms with Crippen molar-refractivity contribution in [3.05, 3.63) is 58.7 Å². The van der Waals surface area contributed by atoms with Crippen LogP contribution in [0.2, 0.25) is 0 Å². The highest BCUT2D eigenvalue weighted by molar-refractivity contribution is 5.91. The van der Waals surface area contributed by atoms with Crippen LogP contribution < -0.4 is 4.90 Å². The van der Waals surface area contributed by atoms with Crippen molar-refractivity contribution in [2.75, 3.05) is 11.4 Å². The second-order valence-corrected chi connectivity index (χ2v) is 6.39. The van der Waals surface area contributed by atoms with E-state index in [4.69, 9.17) is 0 Å². The van der Waals surface area contributed by atoms with E-state index in [1.54, 1.807) is 12.1 Å². The molecule has 1 N–H and O–H groups in total. The quantitative estimate of drug-likeness (QED) is 0.720. The first-order chi connectivity index (χ1) is 11.1. The van der Waals surface area contributed by atoms with Crippen LogP contribution in [0.1, 0.15) is 35.3 Å². The molecule has 0 spiro atoms. The minimum atomic E-state index is -0.147. The number of benzene rings is 1. The van der Waals surface area contributed by atoms with Gasteiger partial charge in [0.15, 0.2) is 0 Å². The van der Waals surface area contributed by atoms with Crippen molar-refractivity contribution in [2.45, 2.75) is 33.2 Å². The Morgan fingerprint density at radius 3 is 2.91 bits per heavy atom. The molecule has 23 heavy (non-hydrogen) atoms. The third-order valence-electron chi connectivity index (χ3n) is 5.11. The average molecular weight is 309 g/mol. The summed E-state index contributed by atoms with van der Waals surface area (Å²) in [5.41, 5.74) is 8.01. The Kier molecular flexibility index (Phi) is 3.15. The Bertz CT molecular complexity index is 897. The van der Waals surface area contributed by atoms with Crippen LogP contribution in [-0.4, -0.2) is 16.5 Å². The topological polar surface area (TPSA) is 31.9 Å². The first-order valence-electron chi connectivity index (χ1n) is 8.05. The maximum absolute atomic E-state index is 13.5. The Morgan fingerprint density at radius 1 is 1.26 bits per heavy atom. The minimum Gasteiger partial charge on any atom is -0.363 e. The van der Waals surface area contributed by atoms with Gasteiger partial charge in [-0.15, -0.1) is 0 Å². The number of nitrogens with zero attached hydrogens (tertiary/aromatic N) is 2. The molecule has 3 aromatic rings. The molecule has 2 aromatic heterocycles. The second kappa shape index (κ2) is 5.08. The van der Waals surface area contributed by atoms with Crippen LogP contribution in [0.25, 0.3) is 11.0 Å². The van der Waals surface area contributed by atoms with Gasteiger partial charge in [-0.05, 0) is 62.1 Å². The van der Waals surface area contributed by atoms with E-state index in [9.17, 15) is 4.39 Å². The number of anilines is 1. The molecule has 3 nitrogen and oxygen atoms in total. The van der Waals surface area contributed by atoms with Crippen LogP contribution in [0.15, 0.2) is 30.5 Å². The zero-order chi connectivity index (χ0) is 16.1. The third-order valence-corrected chi connectivity index (χ3v) is 5.11. The SMILES string of the molecule is Cc1[nH]c2c(N3CCc4cc(F)ccc4C3C)ccnc2c1C. The number of nitrogens with one attached hydrogen (secondary N) is 1. The van der Waals surface area contributed by atoms with Gasteiger partial charge in [-0.3, -0.25) is 4.98 Å². The Morgan fingerprint density at radius 2 is 2.09 bits per heavy atom. The number of hydrogen-bond acceptors (Lipinski definition) is 2. The van der Waals surface area contributed by atoms with Gasteiger partial charge in [0.1, 0.15) is 5.82 Å². The molecule has 0 bridgehead atoms. The van der Waals surface area contributed by atoms with E-state index in [2.05, 4.69) is 41.7 Å². The Labute approximate surface area is 135 Å². The van der Waals surface area contributed by atoms with Crippen LogP contribution >= 0.6 is 0 Å². The van der Waals surface area contributed by atoms with Crippen LogP contribution in [0.3, 0.4) is 0 Å². The molecule has 1 aromatic carbocycles. The summed E-state index contributed by atoms with van der Waals surface area (Å²) in [7, 11) is 0. The summed E-state index contributed by atoms with van der Waals surface area (Å²) in [6.07, 6.45) is 2.74. The molecule has 4 rings (SSSR count). The van der Waals surface area contributed by atoms with E-state index >= 15 is 0 Å². The molecule has 1 atom stereocenters. The van der Waals surface area contributed by atoms with Crippen LogP contribution in [0.4, 0.5) is 10.1 Å². The number of aromatic nitrogens is 2. The molecule has 0 amide bonds. The number of pyridine rings is 1. The number of rotatable bonds is 1. The summed E-state index contributed by atoms with van der Waals surface area (Å²) in [6, 6.07) is 7.44.